The second-order valence-corrected chi connectivity index (χ2v) is 30.2. The molecule has 582 valence electrons. The average molecular weight is 1510 g/mol. The summed E-state index contributed by atoms with van der Waals surface area (Å²) < 4.78 is 18.4. The smallest absolute Gasteiger partial charge is 0.319 e. The minimum atomic E-state index is -0.307. The number of rotatable bonds is 22. The predicted octanol–water partition coefficient (Wildman–Crippen LogP) is 6.39. The molecule has 6 saturated heterocycles. The van der Waals surface area contributed by atoms with Crippen LogP contribution in [-0.2, 0) is 64.9 Å². The quantitative estimate of drug-likeness (QED) is 0.0536. The largest absolute Gasteiger partial charge is 0.462 e. The molecule has 29 heteroatoms. The van der Waals surface area contributed by atoms with Crippen molar-refractivity contribution in [1.29, 1.82) is 10.5 Å². The summed E-state index contributed by atoms with van der Waals surface area (Å²) in [6.45, 7) is 34.4. The van der Waals surface area contributed by atoms with Gasteiger partial charge >= 0.3 is 18.0 Å². The van der Waals surface area contributed by atoms with Crippen LogP contribution in [-0.4, -0.2) is 266 Å². The number of likely N-dealkylation sites (tertiary alicyclic amines) is 3. The van der Waals surface area contributed by atoms with Crippen molar-refractivity contribution >= 4 is 47.0 Å². The van der Waals surface area contributed by atoms with Crippen molar-refractivity contribution in [3.8, 4) is 30.2 Å². The number of amides is 5. The number of nitriles is 2. The fourth-order valence-corrected chi connectivity index (χ4v) is 17.2. The molecule has 1 unspecified atom stereocenters. The molecular formula is C82H101N21O8. The molecular weight excluding hydrogens is 1410 g/mol. The highest BCUT2D eigenvalue weighted by atomic mass is 16.5. The van der Waals surface area contributed by atoms with Crippen LogP contribution in [0.2, 0.25) is 0 Å². The van der Waals surface area contributed by atoms with Gasteiger partial charge in [-0.15, -0.1) is 0 Å². The zero-order valence-corrected chi connectivity index (χ0v) is 64.2. The Hall–Kier alpha value is -10.9. The minimum Gasteiger partial charge on any atom is -0.462 e. The molecule has 29 nitrogen and oxygen atoms in total. The maximum atomic E-state index is 13.5. The van der Waals surface area contributed by atoms with Crippen molar-refractivity contribution in [3.05, 3.63) is 167 Å². The van der Waals surface area contributed by atoms with Gasteiger partial charge in [0.15, 0.2) is 0 Å². The Balaban J connectivity index is 0.000000146. The highest BCUT2D eigenvalue weighted by molar-refractivity contribution is 5.98. The van der Waals surface area contributed by atoms with Crippen molar-refractivity contribution in [2.45, 2.75) is 146 Å². The van der Waals surface area contributed by atoms with E-state index in [1.807, 2.05) is 30.3 Å². The maximum absolute atomic E-state index is 13.5. The average Bonchev–Trinajstić information content (AvgIpc) is 1.74. The summed E-state index contributed by atoms with van der Waals surface area (Å²) in [5.41, 5.74) is 8.84. The number of anilines is 3. The van der Waals surface area contributed by atoms with Gasteiger partial charge in [0.2, 0.25) is 30.2 Å². The van der Waals surface area contributed by atoms with Crippen LogP contribution in [0.4, 0.5) is 17.5 Å². The monoisotopic (exact) mass is 1510 g/mol. The van der Waals surface area contributed by atoms with Gasteiger partial charge in [0, 0.05) is 119 Å². The van der Waals surface area contributed by atoms with Crippen LogP contribution in [0.1, 0.15) is 119 Å². The lowest BCUT2D eigenvalue weighted by molar-refractivity contribution is -0.129. The lowest BCUT2D eigenvalue weighted by Gasteiger charge is -2.41. The van der Waals surface area contributed by atoms with Gasteiger partial charge in [-0.3, -0.25) is 28.9 Å². The number of hydrogen-bond acceptors (Lipinski definition) is 23. The Morgan fingerprint density at radius 3 is 1.47 bits per heavy atom. The molecule has 0 spiro atoms. The number of hydrogen-bond donors (Lipinski definition) is 0. The maximum Gasteiger partial charge on any atom is 0.319 e. The molecule has 5 amide bonds. The number of nitrogens with zero attached hydrogens (tertiary/aromatic N) is 21. The van der Waals surface area contributed by atoms with Gasteiger partial charge in [0.1, 0.15) is 49.0 Å². The number of piperazine rings is 3. The minimum absolute atomic E-state index is 0.126. The SMILES string of the molecule is C=CC(=O)N1CCN(c2nc(OC[C@@H]3CCCN3C)nc3c2CN(C2CCc4ccccc42)C3)C[C@@H]1CC#N.C=CC(=O)N1CCN(c2nc(OC[C@@H]3CCCN3C)nc3c2CN(Cc2ccccc2)C3=O)C[C@@H]1CC#N.[C-]#[N+]C[C@H]1CN(c2nc(OC[C@@H]3CCCN3C)nc3c2CN(C(=O)C=C)C3)CCN1C(=O)C=C. The summed E-state index contributed by atoms with van der Waals surface area (Å²) in [6, 6.07) is 24.6. The van der Waals surface area contributed by atoms with Crippen LogP contribution >= 0.6 is 0 Å². The molecule has 3 aromatic heterocycles. The summed E-state index contributed by atoms with van der Waals surface area (Å²) in [5, 5.41) is 18.9. The summed E-state index contributed by atoms with van der Waals surface area (Å²) >= 11 is 0. The lowest BCUT2D eigenvalue weighted by Crippen LogP contribution is -2.56. The predicted molar refractivity (Wildman–Crippen MR) is 416 cm³/mol. The first-order chi connectivity index (χ1) is 54.0. The molecule has 0 bridgehead atoms. The first-order valence-electron chi connectivity index (χ1n) is 38.9. The molecule has 15 rings (SSSR count). The van der Waals surface area contributed by atoms with Crippen LogP contribution in [0.25, 0.3) is 4.85 Å². The highest BCUT2D eigenvalue weighted by Crippen LogP contribution is 2.43. The molecule has 10 aliphatic rings. The van der Waals surface area contributed by atoms with Crippen molar-refractivity contribution in [2.24, 2.45) is 0 Å². The molecule has 7 atom stereocenters. The number of likely N-dealkylation sites (N-methyl/N-ethyl adjacent to an activating group) is 3. The van der Waals surface area contributed by atoms with Crippen molar-refractivity contribution < 1.29 is 38.2 Å². The normalized spacial score (nSPS) is 22.9. The molecule has 9 aliphatic heterocycles. The number of ether oxygens (including phenoxy) is 3. The number of aryl methyl sites for hydroxylation is 1. The van der Waals surface area contributed by atoms with Gasteiger partial charge in [0.25, 0.3) is 5.91 Å². The van der Waals surface area contributed by atoms with Crippen LogP contribution in [0, 0.1) is 29.2 Å². The Morgan fingerprint density at radius 2 is 0.982 bits per heavy atom. The Bertz CT molecular complexity index is 4430. The third kappa shape index (κ3) is 17.6. The zero-order chi connectivity index (χ0) is 77.8. The standard InChI is InChI=1S/C30H37N7O2.C28H33N7O3.C24H31N7O3/c1-3-28(38)37-16-15-35(17-22(37)12-13-31)29-25-18-36(27-11-10-21-7-4-5-9-24(21)27)19-26(25)32-30(33-29)39-20-23-8-6-14-34(23)2;1-3-24(36)35-15-14-33(17-21(35)11-12-29)26-23-18-34(16-20-8-5-4-6-9-20)27(37)25(23)30-28(31-26)38-19-22-10-7-13-32(22)2;1-5-21(32)30-14-19-20(15-30)26-24(34-16-17-8-7-9-28(17)4)27-23(19)29-10-11-31(22(33)6-2)18(13-29)12-25-3/h3-5,7,9,22-23,27H,1,6,8,10-12,14-20H2,2H3;3-6,8-9,21-22H,1,7,10-11,13-19H2,2H3;5-6,17-18H,1-2,7-16H2,4H3/t22-,23-,27?;21-,22-;17-,18-/m000/s1. The van der Waals surface area contributed by atoms with Crippen LogP contribution in [0.5, 0.6) is 18.0 Å². The highest BCUT2D eigenvalue weighted by Gasteiger charge is 2.42. The molecule has 6 fully saturated rings. The number of carbonyl (C=O) groups excluding carboxylic acids is 5. The number of carbonyl (C=O) groups is 5. The molecule has 0 radical (unpaired) electrons. The second kappa shape index (κ2) is 35.9. The van der Waals surface area contributed by atoms with Gasteiger partial charge < -0.3 is 73.0 Å². The fourth-order valence-electron chi connectivity index (χ4n) is 17.2. The Labute approximate surface area is 650 Å². The van der Waals surface area contributed by atoms with Crippen molar-refractivity contribution in [3.63, 3.8) is 0 Å². The van der Waals surface area contributed by atoms with Crippen LogP contribution < -0.4 is 28.9 Å². The molecule has 0 N–H and O–H groups in total. The number of aromatic nitrogens is 6. The summed E-state index contributed by atoms with van der Waals surface area (Å²) in [6.07, 6.45) is 14.6. The van der Waals surface area contributed by atoms with E-state index in [9.17, 15) is 34.5 Å². The van der Waals surface area contributed by atoms with Crippen LogP contribution in [0.15, 0.2) is 105 Å². The molecule has 1 aliphatic carbocycles. The van der Waals surface area contributed by atoms with Gasteiger partial charge in [0.05, 0.1) is 68.1 Å². The Kier molecular flexibility index (Phi) is 25.3. The van der Waals surface area contributed by atoms with E-state index in [-0.39, 0.29) is 79.1 Å². The number of fused-ring (bicyclic) bond motifs is 4. The van der Waals surface area contributed by atoms with E-state index in [0.29, 0.717) is 152 Å². The van der Waals surface area contributed by atoms with E-state index in [4.69, 9.17) is 40.7 Å². The topological polar surface area (TPSA) is 281 Å². The van der Waals surface area contributed by atoms with Gasteiger partial charge in [-0.2, -0.15) is 40.4 Å². The number of benzene rings is 2. The molecule has 5 aromatic rings. The van der Waals surface area contributed by atoms with E-state index in [2.05, 4.69) is 133 Å². The van der Waals surface area contributed by atoms with E-state index < -0.39 is 0 Å². The third-order valence-electron chi connectivity index (χ3n) is 23.5. The first-order valence-corrected chi connectivity index (χ1v) is 38.9. The molecule has 111 heavy (non-hydrogen) atoms. The second-order valence-electron chi connectivity index (χ2n) is 30.2. The third-order valence-corrected chi connectivity index (χ3v) is 23.5. The Morgan fingerprint density at radius 1 is 0.523 bits per heavy atom. The fraction of sp³-hybridized carbons (Fsp3) is 0.512. The first kappa shape index (κ1) is 78.2. The van der Waals surface area contributed by atoms with Crippen molar-refractivity contribution in [2.75, 3.05) is 141 Å². The summed E-state index contributed by atoms with van der Waals surface area (Å²) in [5.74, 6) is 1.44. The van der Waals surface area contributed by atoms with Gasteiger partial charge in [-0.25, -0.2) is 6.57 Å². The van der Waals surface area contributed by atoms with Crippen LogP contribution in [0.3, 0.4) is 0 Å². The summed E-state index contributed by atoms with van der Waals surface area (Å²) in [7, 11) is 6.32. The van der Waals surface area contributed by atoms with Gasteiger partial charge in [-0.05, 0) is 133 Å². The summed E-state index contributed by atoms with van der Waals surface area (Å²) in [4.78, 5) is 120. The van der Waals surface area contributed by atoms with Gasteiger partial charge in [-0.1, -0.05) is 80.9 Å². The van der Waals surface area contributed by atoms with E-state index in [0.717, 1.165) is 117 Å². The zero-order valence-electron chi connectivity index (χ0n) is 64.2. The van der Waals surface area contributed by atoms with E-state index in [1.54, 1.807) is 24.5 Å². The molecule has 12 heterocycles. The molecule has 2 aromatic carbocycles. The van der Waals surface area contributed by atoms with E-state index >= 15 is 0 Å². The lowest BCUT2D eigenvalue weighted by atomic mass is 10.1. The van der Waals surface area contributed by atoms with Crippen molar-refractivity contribution in [1.82, 2.24) is 74.0 Å². The molecule has 0 saturated carbocycles. The van der Waals surface area contributed by atoms with E-state index in [1.165, 1.54) is 41.9 Å².